The van der Waals surface area contributed by atoms with Gasteiger partial charge in [0.05, 0.1) is 25.2 Å². The molecule has 0 N–H and O–H groups in total. The summed E-state index contributed by atoms with van der Waals surface area (Å²) >= 11 is 0. The van der Waals surface area contributed by atoms with Crippen molar-refractivity contribution in [3.8, 4) is 68.1 Å². The summed E-state index contributed by atoms with van der Waals surface area (Å²) < 4.78 is 0. The van der Waals surface area contributed by atoms with Crippen molar-refractivity contribution in [2.45, 2.75) is 19.6 Å². The van der Waals surface area contributed by atoms with Gasteiger partial charge in [0, 0.05) is 16.7 Å². The average molecular weight is 612 g/mol. The highest BCUT2D eigenvalue weighted by atomic mass is 28.3. The molecule has 0 amide bonds. The highest BCUT2D eigenvalue weighted by molar-refractivity contribution is 6.88. The maximum Gasteiger partial charge on any atom is 0.182 e. The van der Waals surface area contributed by atoms with Crippen LogP contribution in [0.3, 0.4) is 0 Å². The van der Waals surface area contributed by atoms with Gasteiger partial charge in [0.1, 0.15) is 5.69 Å². The minimum Gasteiger partial charge on any atom is -0.246 e. The number of pyridine rings is 2. The molecule has 7 aromatic rings. The van der Waals surface area contributed by atoms with Crippen LogP contribution in [-0.4, -0.2) is 33.0 Å². The first kappa shape index (κ1) is 29.1. The quantitative estimate of drug-likeness (QED) is 0.168. The largest absolute Gasteiger partial charge is 0.246 e. The molecule has 0 atom stereocenters. The van der Waals surface area contributed by atoms with Crippen molar-refractivity contribution >= 4 is 13.3 Å². The zero-order chi connectivity index (χ0) is 31.5. The molecule has 0 radical (unpaired) electrons. The smallest absolute Gasteiger partial charge is 0.182 e. The summed E-state index contributed by atoms with van der Waals surface area (Å²) in [7, 11) is -1.32. The Morgan fingerprint density at radius 3 is 1.24 bits per heavy atom. The number of benzene rings is 4. The third kappa shape index (κ3) is 6.29. The van der Waals surface area contributed by atoms with Gasteiger partial charge in [0.25, 0.3) is 0 Å². The summed E-state index contributed by atoms with van der Waals surface area (Å²) in [4.78, 5) is 24.5. The monoisotopic (exact) mass is 611 g/mol. The van der Waals surface area contributed by atoms with Crippen molar-refractivity contribution in [2.75, 3.05) is 0 Å². The fourth-order valence-electron chi connectivity index (χ4n) is 5.36. The molecule has 3 heterocycles. The van der Waals surface area contributed by atoms with Gasteiger partial charge in [-0.15, -0.1) is 0 Å². The van der Waals surface area contributed by atoms with Gasteiger partial charge in [-0.05, 0) is 35.4 Å². The molecule has 0 fully saturated rings. The normalized spacial score (nSPS) is 11.4. The van der Waals surface area contributed by atoms with E-state index in [2.05, 4.69) is 68.2 Å². The number of hydrogen-bond acceptors (Lipinski definition) is 5. The zero-order valence-corrected chi connectivity index (χ0v) is 27.1. The number of aromatic nitrogens is 5. The van der Waals surface area contributed by atoms with Crippen molar-refractivity contribution in [2.24, 2.45) is 0 Å². The van der Waals surface area contributed by atoms with Crippen molar-refractivity contribution in [3.05, 3.63) is 146 Å². The summed E-state index contributed by atoms with van der Waals surface area (Å²) in [6.45, 7) is 7.13. The van der Waals surface area contributed by atoms with Crippen molar-refractivity contribution in [1.29, 1.82) is 0 Å². The SMILES string of the molecule is C[Si](C)(C)c1ccc(-c2ccc(-c3cccc(-c4cccc(-c5nc(-c6ccccc6)nc(-c6ccccc6)n5)n4)n3)cc2)cc1. The summed E-state index contributed by atoms with van der Waals surface area (Å²) in [5.41, 5.74) is 8.39. The molecular formula is C40H33N5Si. The molecule has 3 aromatic heterocycles. The predicted molar refractivity (Wildman–Crippen MR) is 191 cm³/mol. The van der Waals surface area contributed by atoms with Crippen LogP contribution in [0.5, 0.6) is 0 Å². The van der Waals surface area contributed by atoms with Crippen LogP contribution in [-0.2, 0) is 0 Å². The van der Waals surface area contributed by atoms with Gasteiger partial charge in [-0.2, -0.15) is 0 Å². The topological polar surface area (TPSA) is 64.5 Å². The third-order valence-electron chi connectivity index (χ3n) is 7.95. The molecule has 4 aromatic carbocycles. The fourth-order valence-corrected chi connectivity index (χ4v) is 6.53. The first-order valence-corrected chi connectivity index (χ1v) is 18.9. The minimum absolute atomic E-state index is 0.513. The Labute approximate surface area is 270 Å². The van der Waals surface area contributed by atoms with Crippen LogP contribution >= 0.6 is 0 Å². The fraction of sp³-hybridized carbons (Fsp3) is 0.0750. The number of hydrogen-bond donors (Lipinski definition) is 0. The number of rotatable bonds is 7. The third-order valence-corrected chi connectivity index (χ3v) is 10.0. The van der Waals surface area contributed by atoms with Gasteiger partial charge in [-0.25, -0.2) is 24.9 Å². The molecule has 222 valence electrons. The van der Waals surface area contributed by atoms with E-state index >= 15 is 0 Å². The van der Waals surface area contributed by atoms with E-state index in [-0.39, 0.29) is 0 Å². The van der Waals surface area contributed by atoms with Gasteiger partial charge in [0.2, 0.25) is 0 Å². The number of nitrogens with zero attached hydrogens (tertiary/aromatic N) is 5. The lowest BCUT2D eigenvalue weighted by molar-refractivity contribution is 1.06. The van der Waals surface area contributed by atoms with Crippen LogP contribution in [0.2, 0.25) is 19.6 Å². The second-order valence-corrected chi connectivity index (χ2v) is 17.3. The highest BCUT2D eigenvalue weighted by Gasteiger charge is 2.16. The van der Waals surface area contributed by atoms with Gasteiger partial charge in [0.15, 0.2) is 17.5 Å². The summed E-state index contributed by atoms with van der Waals surface area (Å²) in [5.74, 6) is 1.72. The average Bonchev–Trinajstić information content (AvgIpc) is 3.12. The molecule has 7 rings (SSSR count). The van der Waals surface area contributed by atoms with Crippen LogP contribution < -0.4 is 5.19 Å². The Morgan fingerprint density at radius 1 is 0.304 bits per heavy atom. The summed E-state index contributed by atoms with van der Waals surface area (Å²) in [5, 5.41) is 1.47. The molecule has 0 saturated carbocycles. The Morgan fingerprint density at radius 2 is 0.717 bits per heavy atom. The summed E-state index contributed by atoms with van der Waals surface area (Å²) in [6, 6.07) is 49.5. The van der Waals surface area contributed by atoms with Crippen molar-refractivity contribution in [3.63, 3.8) is 0 Å². The second kappa shape index (κ2) is 12.4. The van der Waals surface area contributed by atoms with E-state index in [1.807, 2.05) is 97.1 Å². The predicted octanol–water partition coefficient (Wildman–Crippen LogP) is 9.21. The highest BCUT2D eigenvalue weighted by Crippen LogP contribution is 2.28. The van der Waals surface area contributed by atoms with E-state index < -0.39 is 8.07 Å². The Kier molecular flexibility index (Phi) is 7.87. The molecule has 6 heteroatoms. The van der Waals surface area contributed by atoms with Crippen LogP contribution in [0.15, 0.2) is 146 Å². The first-order chi connectivity index (χ1) is 22.4. The molecule has 0 spiro atoms. The lowest BCUT2D eigenvalue weighted by Crippen LogP contribution is -2.37. The van der Waals surface area contributed by atoms with Crippen LogP contribution in [0.4, 0.5) is 0 Å². The molecular weight excluding hydrogens is 579 g/mol. The van der Waals surface area contributed by atoms with Crippen molar-refractivity contribution < 1.29 is 0 Å². The van der Waals surface area contributed by atoms with E-state index in [4.69, 9.17) is 24.9 Å². The Hall–Kier alpha value is -5.59. The maximum absolute atomic E-state index is 5.01. The molecule has 0 aliphatic rings. The van der Waals surface area contributed by atoms with Crippen LogP contribution in [0, 0.1) is 0 Å². The van der Waals surface area contributed by atoms with Crippen LogP contribution in [0.25, 0.3) is 68.1 Å². The summed E-state index contributed by atoms with van der Waals surface area (Å²) in [6.07, 6.45) is 0. The van der Waals surface area contributed by atoms with Crippen molar-refractivity contribution in [1.82, 2.24) is 24.9 Å². The van der Waals surface area contributed by atoms with E-state index in [9.17, 15) is 0 Å². The van der Waals surface area contributed by atoms with E-state index in [1.165, 1.54) is 16.3 Å². The lowest BCUT2D eigenvalue weighted by Gasteiger charge is -2.16. The molecule has 5 nitrogen and oxygen atoms in total. The molecule has 46 heavy (non-hydrogen) atoms. The molecule has 0 aliphatic heterocycles. The Balaban J connectivity index is 1.20. The lowest BCUT2D eigenvalue weighted by atomic mass is 10.0. The van der Waals surface area contributed by atoms with E-state index in [0.717, 1.165) is 33.8 Å². The van der Waals surface area contributed by atoms with Gasteiger partial charge in [-0.3, -0.25) is 0 Å². The Bertz CT molecular complexity index is 2050. The molecule has 0 saturated heterocycles. The molecule has 0 unspecified atom stereocenters. The van der Waals surface area contributed by atoms with E-state index in [0.29, 0.717) is 23.2 Å². The first-order valence-electron chi connectivity index (χ1n) is 15.4. The standard InChI is InChI=1S/C40H33N5Si/c1-46(2,3)33-26-24-29(25-27-33)28-20-22-30(23-21-28)34-16-10-17-35(41-34)36-18-11-19-37(42-36)40-44-38(31-12-6-4-7-13-31)43-39(45-40)32-14-8-5-9-15-32/h4-27H,1-3H3. The van der Waals surface area contributed by atoms with Gasteiger partial charge in [-0.1, -0.05) is 146 Å². The van der Waals surface area contributed by atoms with Crippen LogP contribution in [0.1, 0.15) is 0 Å². The maximum atomic E-state index is 5.01. The molecule has 0 aliphatic carbocycles. The minimum atomic E-state index is -1.32. The van der Waals surface area contributed by atoms with E-state index in [1.54, 1.807) is 0 Å². The second-order valence-electron chi connectivity index (χ2n) is 12.3. The van der Waals surface area contributed by atoms with Gasteiger partial charge >= 0.3 is 0 Å². The van der Waals surface area contributed by atoms with Gasteiger partial charge < -0.3 is 0 Å². The zero-order valence-electron chi connectivity index (χ0n) is 26.1. The molecule has 0 bridgehead atoms.